The molecule has 0 saturated heterocycles. The van der Waals surface area contributed by atoms with Gasteiger partial charge in [0.1, 0.15) is 0 Å². The van der Waals surface area contributed by atoms with Crippen molar-refractivity contribution in [1.29, 1.82) is 0 Å². The number of aromatic nitrogens is 2. The van der Waals surface area contributed by atoms with Gasteiger partial charge in [-0.3, -0.25) is 4.98 Å². The van der Waals surface area contributed by atoms with Gasteiger partial charge < -0.3 is 14.4 Å². The molecular weight excluding hydrogens is 892 g/mol. The molecule has 2 aromatic heterocycles. The number of anilines is 6. The number of aryl methyl sites for hydroxylation is 1. The summed E-state index contributed by atoms with van der Waals surface area (Å²) in [6.45, 7) is 2.25. The summed E-state index contributed by atoms with van der Waals surface area (Å²) in [5.74, 6) is 0. The van der Waals surface area contributed by atoms with E-state index >= 15 is 0 Å². The molecule has 0 fully saturated rings. The van der Waals surface area contributed by atoms with Crippen LogP contribution in [-0.4, -0.2) is 16.3 Å². The minimum atomic E-state index is -2.17. The van der Waals surface area contributed by atoms with Crippen molar-refractivity contribution in [1.82, 2.24) is 9.55 Å². The predicted octanol–water partition coefficient (Wildman–Crippen LogP) is 15.5. The van der Waals surface area contributed by atoms with Crippen LogP contribution in [0.3, 0.4) is 0 Å². The normalized spacial score (nSPS) is 14.4. The molecule has 0 radical (unpaired) electrons. The van der Waals surface area contributed by atoms with E-state index in [0.29, 0.717) is 0 Å². The molecule has 4 nitrogen and oxygen atoms in total. The van der Waals surface area contributed by atoms with Crippen LogP contribution >= 0.6 is 10.0 Å². The lowest BCUT2D eigenvalue weighted by atomic mass is 9.33. The Morgan fingerprint density at radius 2 is 0.889 bits per heavy atom. The van der Waals surface area contributed by atoms with Crippen molar-refractivity contribution in [2.75, 3.05) is 9.80 Å². The molecule has 0 amide bonds. The van der Waals surface area contributed by atoms with Crippen LogP contribution in [0.1, 0.15) is 5.56 Å². The van der Waals surface area contributed by atoms with Crippen LogP contribution in [0.2, 0.25) is 0 Å². The molecule has 0 atom stereocenters. The van der Waals surface area contributed by atoms with Crippen LogP contribution in [0, 0.1) is 6.92 Å². The van der Waals surface area contributed by atoms with E-state index in [-0.39, 0.29) is 6.71 Å². The van der Waals surface area contributed by atoms with Gasteiger partial charge in [0.15, 0.2) is 0 Å². The summed E-state index contributed by atoms with van der Waals surface area (Å²) in [4.78, 5) is 15.6. The Bertz CT molecular complexity index is 4060. The third-order valence-corrected chi connectivity index (χ3v) is 19.9. The van der Waals surface area contributed by atoms with E-state index in [2.05, 4.69) is 252 Å². The van der Waals surface area contributed by atoms with Gasteiger partial charge in [0.25, 0.3) is 6.71 Å². The zero-order valence-electron chi connectivity index (χ0n) is 39.4. The van der Waals surface area contributed by atoms with Crippen molar-refractivity contribution >= 4 is 89.1 Å². The van der Waals surface area contributed by atoms with Crippen LogP contribution in [-0.2, 0) is 0 Å². The molecule has 10 aromatic carbocycles. The maximum atomic E-state index is 4.70. The van der Waals surface area contributed by atoms with Crippen LogP contribution in [0.5, 0.6) is 0 Å². The lowest BCUT2D eigenvalue weighted by molar-refractivity contribution is 1.15. The largest absolute Gasteiger partial charge is 0.311 e. The first-order chi connectivity index (χ1) is 35.7. The lowest BCUT2D eigenvalue weighted by Crippen LogP contribution is -2.64. The maximum Gasteiger partial charge on any atom is 0.255 e. The van der Waals surface area contributed by atoms with Gasteiger partial charge in [-0.2, -0.15) is 0 Å². The lowest BCUT2D eigenvalue weighted by Gasteiger charge is -2.53. The highest BCUT2D eigenvalue weighted by Gasteiger charge is 2.56. The zero-order chi connectivity index (χ0) is 47.2. The number of para-hydroxylation sites is 3. The van der Waals surface area contributed by atoms with Gasteiger partial charge in [-0.15, -0.1) is 10.0 Å². The Hall–Kier alpha value is -8.84. The van der Waals surface area contributed by atoms with Gasteiger partial charge in [-0.1, -0.05) is 152 Å². The Morgan fingerprint density at radius 1 is 0.375 bits per heavy atom. The summed E-state index contributed by atoms with van der Waals surface area (Å²) in [7, 11) is -2.17. The number of benzene rings is 10. The molecule has 1 spiro atoms. The number of fused-ring (bicyclic) bond motifs is 10. The van der Waals surface area contributed by atoms with E-state index in [4.69, 9.17) is 4.98 Å². The quantitative estimate of drug-likeness (QED) is 0.161. The third-order valence-electron chi connectivity index (χ3n) is 15.9. The fourth-order valence-electron chi connectivity index (χ4n) is 13.2. The molecular formula is C66H43BN4S. The minimum Gasteiger partial charge on any atom is -0.311 e. The first kappa shape index (κ1) is 40.0. The van der Waals surface area contributed by atoms with Crippen molar-refractivity contribution in [3.8, 4) is 39.1 Å². The van der Waals surface area contributed by atoms with Crippen LogP contribution in [0.4, 0.5) is 34.1 Å². The van der Waals surface area contributed by atoms with Gasteiger partial charge in [-0.25, -0.2) is 0 Å². The summed E-state index contributed by atoms with van der Waals surface area (Å²) in [6.07, 6.45) is 3.95. The predicted molar refractivity (Wildman–Crippen MR) is 301 cm³/mol. The van der Waals surface area contributed by atoms with Gasteiger partial charge >= 0.3 is 0 Å². The minimum absolute atomic E-state index is 0.0193. The zero-order valence-corrected chi connectivity index (χ0v) is 40.2. The van der Waals surface area contributed by atoms with Crippen molar-refractivity contribution in [2.45, 2.75) is 26.5 Å². The molecule has 4 aliphatic heterocycles. The molecule has 12 aromatic rings. The summed E-state index contributed by atoms with van der Waals surface area (Å²) in [5.41, 5.74) is 23.5. The highest BCUT2D eigenvalue weighted by molar-refractivity contribution is 8.34. The average Bonchev–Trinajstić information content (AvgIpc) is 3.93. The third kappa shape index (κ3) is 5.16. The summed E-state index contributed by atoms with van der Waals surface area (Å²) >= 11 is 0. The van der Waals surface area contributed by atoms with E-state index in [0.717, 1.165) is 11.2 Å². The van der Waals surface area contributed by atoms with E-state index in [1.807, 2.05) is 12.4 Å². The fraction of sp³-hybridized carbons (Fsp3) is 0.0152. The molecule has 0 unspecified atom stereocenters. The molecule has 0 N–H and O–H groups in total. The van der Waals surface area contributed by atoms with Crippen molar-refractivity contribution in [3.63, 3.8) is 0 Å². The van der Waals surface area contributed by atoms with Crippen molar-refractivity contribution < 1.29 is 0 Å². The van der Waals surface area contributed by atoms with E-state index in [9.17, 15) is 0 Å². The van der Waals surface area contributed by atoms with Crippen molar-refractivity contribution in [2.24, 2.45) is 0 Å². The van der Waals surface area contributed by atoms with E-state index < -0.39 is 10.0 Å². The van der Waals surface area contributed by atoms with Crippen molar-refractivity contribution in [3.05, 3.63) is 248 Å². The number of nitrogens with zero attached hydrogens (tertiary/aromatic N) is 4. The van der Waals surface area contributed by atoms with Crippen LogP contribution in [0.15, 0.2) is 262 Å². The first-order valence-corrected chi connectivity index (χ1v) is 26.5. The second-order valence-electron chi connectivity index (χ2n) is 19.5. The molecule has 0 aliphatic carbocycles. The number of pyridine rings is 1. The van der Waals surface area contributed by atoms with Crippen LogP contribution in [0.25, 0.3) is 60.9 Å². The van der Waals surface area contributed by atoms with E-state index in [1.165, 1.54) is 125 Å². The topological polar surface area (TPSA) is 24.3 Å². The monoisotopic (exact) mass is 934 g/mol. The fourth-order valence-corrected chi connectivity index (χ4v) is 17.8. The number of rotatable bonds is 5. The Kier molecular flexibility index (Phi) is 8.24. The Labute approximate surface area is 420 Å². The second-order valence-corrected chi connectivity index (χ2v) is 22.5. The molecule has 6 heterocycles. The highest BCUT2D eigenvalue weighted by Crippen LogP contribution is 2.81. The molecule has 72 heavy (non-hydrogen) atoms. The summed E-state index contributed by atoms with van der Waals surface area (Å²) in [6, 6.07) is 87.0. The molecule has 6 heteroatoms. The maximum absolute atomic E-state index is 4.70. The van der Waals surface area contributed by atoms with Gasteiger partial charge in [0.2, 0.25) is 0 Å². The molecule has 336 valence electrons. The first-order valence-electron chi connectivity index (χ1n) is 24.9. The van der Waals surface area contributed by atoms with Gasteiger partial charge in [-0.05, 0) is 140 Å². The van der Waals surface area contributed by atoms with Gasteiger partial charge in [0.05, 0.1) is 28.6 Å². The summed E-state index contributed by atoms with van der Waals surface area (Å²) in [5, 5.41) is 2.43. The highest BCUT2D eigenvalue weighted by atomic mass is 32.3. The standard InChI is InChI=1S/C66H43BN4S/c1-42-38-57-64-58(39-42)71(53-27-13-9-23-47(53)44-20-6-3-7-21-44)56-30-17-33-62-66(56)67(64)65-55(70(57)52-26-12-8-22-46(52)43-18-4-2-5-19-43)29-16-32-61(65)72(62)60-31-15-11-25-50(60)51-35-34-45(40-63(51)72)69-54-28-14-10-24-48(54)49-36-37-68-41-59(49)69/h2-41H,1H3. The number of hydrogen-bond donors (Lipinski definition) is 0. The average molecular weight is 935 g/mol. The SMILES string of the molecule is Cc1cc2c3c(c1)N(c1ccccc1-c1ccccc1)c1cccc4c1B3c1c(cccc1S41c3ccccc3-c3ccc(-n4c5ccccc5c5ccncc54)cc31)N2c1ccccc1-c1ccccc1. The second kappa shape index (κ2) is 14.8. The number of hydrogen-bond acceptors (Lipinski definition) is 3. The van der Waals surface area contributed by atoms with Crippen LogP contribution < -0.4 is 26.2 Å². The molecule has 16 rings (SSSR count). The molecule has 0 saturated carbocycles. The summed E-state index contributed by atoms with van der Waals surface area (Å²) < 4.78 is 2.44. The molecule has 4 aliphatic rings. The van der Waals surface area contributed by atoms with E-state index in [1.54, 1.807) is 0 Å². The molecule has 0 bridgehead atoms. The van der Waals surface area contributed by atoms with Gasteiger partial charge in [0, 0.05) is 66.3 Å². The Morgan fingerprint density at radius 3 is 1.54 bits per heavy atom. The smallest absolute Gasteiger partial charge is 0.255 e. The Balaban J connectivity index is 1.07.